The molecule has 0 saturated heterocycles. The summed E-state index contributed by atoms with van der Waals surface area (Å²) in [5.41, 5.74) is 1.51. The molecule has 0 N–H and O–H groups in total. The molecule has 3 rings (SSSR count). The van der Waals surface area contributed by atoms with E-state index in [1.165, 1.54) is 18.9 Å². The molecular formula is C14H15BrClFN2O. The van der Waals surface area contributed by atoms with E-state index < -0.39 is 0 Å². The molecular weight excluding hydrogens is 347 g/mol. The molecule has 1 aliphatic rings. The molecule has 2 aromatic rings. The molecule has 1 aliphatic carbocycles. The van der Waals surface area contributed by atoms with Crippen LogP contribution in [0, 0.1) is 11.7 Å². The summed E-state index contributed by atoms with van der Waals surface area (Å²) in [6.45, 7) is 2.14. The summed E-state index contributed by atoms with van der Waals surface area (Å²) in [5, 5.41) is 0. The molecule has 1 saturated carbocycles. The Bertz CT molecular complexity index is 627. The number of halogens is 3. The van der Waals surface area contributed by atoms with Gasteiger partial charge in [-0.05, 0) is 40.8 Å². The van der Waals surface area contributed by atoms with Gasteiger partial charge in [0.15, 0.2) is 0 Å². The fraction of sp³-hybridized carbons (Fsp3) is 0.500. The number of alkyl halides is 1. The Morgan fingerprint density at radius 1 is 1.45 bits per heavy atom. The first-order chi connectivity index (χ1) is 9.69. The highest BCUT2D eigenvalue weighted by atomic mass is 79.9. The van der Waals surface area contributed by atoms with Crippen LogP contribution < -0.4 is 0 Å². The molecule has 1 heterocycles. The minimum atomic E-state index is -0.312. The number of aromatic nitrogens is 2. The van der Waals surface area contributed by atoms with Crippen LogP contribution >= 0.6 is 27.5 Å². The molecule has 20 heavy (non-hydrogen) atoms. The Kier molecular flexibility index (Phi) is 4.29. The van der Waals surface area contributed by atoms with Gasteiger partial charge in [-0.25, -0.2) is 9.37 Å². The number of hydrogen-bond donors (Lipinski definition) is 0. The van der Waals surface area contributed by atoms with Crippen molar-refractivity contribution >= 4 is 38.6 Å². The first-order valence-electron chi connectivity index (χ1n) is 6.67. The van der Waals surface area contributed by atoms with E-state index >= 15 is 0 Å². The molecule has 6 heteroatoms. The smallest absolute Gasteiger partial charge is 0.139 e. The van der Waals surface area contributed by atoms with Crippen LogP contribution in [0.15, 0.2) is 16.6 Å². The topological polar surface area (TPSA) is 27.1 Å². The largest absolute Gasteiger partial charge is 0.379 e. The summed E-state index contributed by atoms with van der Waals surface area (Å²) in [4.78, 5) is 4.37. The Morgan fingerprint density at radius 2 is 2.25 bits per heavy atom. The molecule has 108 valence electrons. The van der Waals surface area contributed by atoms with Gasteiger partial charge in [0.2, 0.25) is 0 Å². The molecule has 0 amide bonds. The van der Waals surface area contributed by atoms with Crippen molar-refractivity contribution < 1.29 is 9.13 Å². The van der Waals surface area contributed by atoms with E-state index in [1.807, 2.05) is 4.57 Å². The van der Waals surface area contributed by atoms with E-state index in [9.17, 15) is 4.39 Å². The fourth-order valence-corrected chi connectivity index (χ4v) is 2.75. The highest BCUT2D eigenvalue weighted by Gasteiger charge is 2.21. The van der Waals surface area contributed by atoms with Gasteiger partial charge in [-0.15, -0.1) is 11.6 Å². The normalized spacial score (nSPS) is 15.2. The molecule has 0 aliphatic heterocycles. The van der Waals surface area contributed by atoms with Crippen LogP contribution in [0.5, 0.6) is 0 Å². The quantitative estimate of drug-likeness (QED) is 0.572. The van der Waals surface area contributed by atoms with E-state index in [0.717, 1.165) is 23.9 Å². The molecule has 0 spiro atoms. The Balaban J connectivity index is 1.80. The molecule has 0 bridgehead atoms. The van der Waals surface area contributed by atoms with Crippen molar-refractivity contribution in [3.8, 4) is 0 Å². The van der Waals surface area contributed by atoms with Gasteiger partial charge in [-0.1, -0.05) is 0 Å². The number of fused-ring (bicyclic) bond motifs is 1. The van der Waals surface area contributed by atoms with Crippen molar-refractivity contribution in [2.45, 2.75) is 25.3 Å². The van der Waals surface area contributed by atoms with E-state index in [1.54, 1.807) is 6.07 Å². The molecule has 0 atom stereocenters. The van der Waals surface area contributed by atoms with Crippen LogP contribution in [0.4, 0.5) is 4.39 Å². The monoisotopic (exact) mass is 360 g/mol. The zero-order valence-corrected chi connectivity index (χ0v) is 13.3. The molecule has 1 aromatic carbocycles. The molecule has 3 nitrogen and oxygen atoms in total. The van der Waals surface area contributed by atoms with Crippen molar-refractivity contribution in [3.05, 3.63) is 28.2 Å². The number of nitrogens with zero attached hydrogens (tertiary/aromatic N) is 2. The lowest BCUT2D eigenvalue weighted by atomic mass is 10.3. The van der Waals surface area contributed by atoms with Gasteiger partial charge in [0.25, 0.3) is 0 Å². The summed E-state index contributed by atoms with van der Waals surface area (Å²) >= 11 is 9.14. The molecule has 1 aromatic heterocycles. The average molecular weight is 362 g/mol. The minimum absolute atomic E-state index is 0.302. The van der Waals surface area contributed by atoms with Gasteiger partial charge in [-0.2, -0.15) is 0 Å². The van der Waals surface area contributed by atoms with E-state index in [-0.39, 0.29) is 5.82 Å². The predicted octanol–water partition coefficient (Wildman–Crippen LogP) is 4.10. The first kappa shape index (κ1) is 14.3. The van der Waals surface area contributed by atoms with Gasteiger partial charge < -0.3 is 9.30 Å². The van der Waals surface area contributed by atoms with Crippen molar-refractivity contribution in [2.24, 2.45) is 5.92 Å². The summed E-state index contributed by atoms with van der Waals surface area (Å²) in [7, 11) is 0. The van der Waals surface area contributed by atoms with E-state index in [2.05, 4.69) is 20.9 Å². The van der Waals surface area contributed by atoms with Gasteiger partial charge in [0.1, 0.15) is 11.6 Å². The van der Waals surface area contributed by atoms with Crippen LogP contribution in [0.2, 0.25) is 0 Å². The fourth-order valence-electron chi connectivity index (χ4n) is 2.21. The highest BCUT2D eigenvalue weighted by molar-refractivity contribution is 9.10. The second-order valence-corrected chi connectivity index (χ2v) is 6.21. The summed E-state index contributed by atoms with van der Waals surface area (Å²) in [5.74, 6) is 1.49. The third-order valence-electron chi connectivity index (χ3n) is 3.50. The summed E-state index contributed by atoms with van der Waals surface area (Å²) in [6, 6.07) is 3.17. The van der Waals surface area contributed by atoms with Gasteiger partial charge in [0.05, 0.1) is 28.0 Å². The lowest BCUT2D eigenvalue weighted by molar-refractivity contribution is 0.117. The maximum Gasteiger partial charge on any atom is 0.139 e. The average Bonchev–Trinajstić information content (AvgIpc) is 3.19. The maximum absolute atomic E-state index is 13.5. The number of hydrogen-bond acceptors (Lipinski definition) is 2. The zero-order chi connectivity index (χ0) is 14.1. The standard InChI is InChI=1S/C14H15BrClFN2O/c15-10-5-13-12(6-11(10)17)18-14(7-16)19(13)3-4-20-8-9-1-2-9/h5-6,9H,1-4,7-8H2. The second-order valence-electron chi connectivity index (χ2n) is 5.09. The molecule has 0 radical (unpaired) electrons. The van der Waals surface area contributed by atoms with Crippen LogP contribution in [-0.4, -0.2) is 22.8 Å². The number of ether oxygens (including phenoxy) is 1. The SMILES string of the molecule is Fc1cc2nc(CCl)n(CCOCC3CC3)c2cc1Br. The zero-order valence-electron chi connectivity index (χ0n) is 10.9. The summed E-state index contributed by atoms with van der Waals surface area (Å²) in [6.07, 6.45) is 2.57. The van der Waals surface area contributed by atoms with E-state index in [4.69, 9.17) is 16.3 Å². The lowest BCUT2D eigenvalue weighted by Gasteiger charge is -2.08. The highest BCUT2D eigenvalue weighted by Crippen LogP contribution is 2.29. The van der Waals surface area contributed by atoms with Crippen LogP contribution in [0.1, 0.15) is 18.7 Å². The van der Waals surface area contributed by atoms with Gasteiger partial charge in [0, 0.05) is 19.2 Å². The van der Waals surface area contributed by atoms with Gasteiger partial charge >= 0.3 is 0 Å². The minimum Gasteiger partial charge on any atom is -0.379 e. The third kappa shape index (κ3) is 3.00. The Labute approximate surface area is 130 Å². The number of imidazole rings is 1. The van der Waals surface area contributed by atoms with Crippen molar-refractivity contribution in [1.29, 1.82) is 0 Å². The summed E-state index contributed by atoms with van der Waals surface area (Å²) < 4.78 is 21.6. The van der Waals surface area contributed by atoms with E-state index in [0.29, 0.717) is 29.0 Å². The van der Waals surface area contributed by atoms with Crippen molar-refractivity contribution in [1.82, 2.24) is 9.55 Å². The van der Waals surface area contributed by atoms with Crippen molar-refractivity contribution in [3.63, 3.8) is 0 Å². The van der Waals surface area contributed by atoms with Crippen molar-refractivity contribution in [2.75, 3.05) is 13.2 Å². The third-order valence-corrected chi connectivity index (χ3v) is 4.35. The Morgan fingerprint density at radius 3 is 2.95 bits per heavy atom. The first-order valence-corrected chi connectivity index (χ1v) is 7.99. The lowest BCUT2D eigenvalue weighted by Crippen LogP contribution is -2.10. The van der Waals surface area contributed by atoms with Gasteiger partial charge in [-0.3, -0.25) is 0 Å². The second kappa shape index (κ2) is 6.00. The van der Waals surface area contributed by atoms with Crippen LogP contribution in [-0.2, 0) is 17.2 Å². The predicted molar refractivity (Wildman–Crippen MR) is 80.5 cm³/mol. The van der Waals surface area contributed by atoms with Crippen LogP contribution in [0.25, 0.3) is 11.0 Å². The number of rotatable bonds is 6. The number of benzene rings is 1. The maximum atomic E-state index is 13.5. The Hall–Kier alpha value is -0.650. The molecule has 1 fully saturated rings. The molecule has 0 unspecified atom stereocenters. The van der Waals surface area contributed by atoms with Crippen LogP contribution in [0.3, 0.4) is 0 Å².